The molecule has 0 bridgehead atoms. The largest absolute Gasteiger partial charge is 0.493 e. The maximum Gasteiger partial charge on any atom is 0.161 e. The van der Waals surface area contributed by atoms with E-state index < -0.39 is 0 Å². The molecule has 0 fully saturated rings. The van der Waals surface area contributed by atoms with Crippen molar-refractivity contribution in [2.45, 2.75) is 13.3 Å². The van der Waals surface area contributed by atoms with Crippen molar-refractivity contribution in [3.05, 3.63) is 66.7 Å². The lowest BCUT2D eigenvalue weighted by Gasteiger charge is -2.12. The Morgan fingerprint density at radius 3 is 2.12 bits per heavy atom. The Kier molecular flexibility index (Phi) is 5.56. The second-order valence-electron chi connectivity index (χ2n) is 5.44. The van der Waals surface area contributed by atoms with Crippen molar-refractivity contribution in [1.82, 2.24) is 0 Å². The number of fused-ring (bicyclic) bond motifs is 1. The normalized spacial score (nSPS) is 10.5. The smallest absolute Gasteiger partial charge is 0.161 e. The molecule has 0 saturated carbocycles. The summed E-state index contributed by atoms with van der Waals surface area (Å²) in [6, 6.07) is 22.2. The van der Waals surface area contributed by atoms with Crippen LogP contribution in [0.15, 0.2) is 66.7 Å². The quantitative estimate of drug-likeness (QED) is 0.541. The molecule has 0 aliphatic rings. The minimum absolute atomic E-state index is 0.595. The standard InChI is InChI=1S/C21H22O3/c1-2-22-20-10-5-6-11-21(20)24-15-7-14-23-19-13-12-17-8-3-4-9-18(17)16-19/h3-6,8-13,16H,2,7,14-15H2,1H3. The Hall–Kier alpha value is -2.68. The van der Waals surface area contributed by atoms with Crippen LogP contribution in [0.5, 0.6) is 17.2 Å². The summed E-state index contributed by atoms with van der Waals surface area (Å²) in [6.07, 6.45) is 0.813. The van der Waals surface area contributed by atoms with Crippen molar-refractivity contribution in [3.8, 4) is 17.2 Å². The first-order valence-corrected chi connectivity index (χ1v) is 8.33. The lowest BCUT2D eigenvalue weighted by molar-refractivity contribution is 0.236. The molecule has 0 amide bonds. The zero-order valence-electron chi connectivity index (χ0n) is 13.9. The third-order valence-corrected chi connectivity index (χ3v) is 3.68. The van der Waals surface area contributed by atoms with Gasteiger partial charge in [0.2, 0.25) is 0 Å². The van der Waals surface area contributed by atoms with E-state index in [0.717, 1.165) is 23.7 Å². The van der Waals surface area contributed by atoms with Crippen molar-refractivity contribution in [1.29, 1.82) is 0 Å². The number of benzene rings is 3. The minimum Gasteiger partial charge on any atom is -0.493 e. The first-order valence-electron chi connectivity index (χ1n) is 8.33. The number of ether oxygens (including phenoxy) is 3. The van der Waals surface area contributed by atoms with Crippen LogP contribution in [0.1, 0.15) is 13.3 Å². The summed E-state index contributed by atoms with van der Waals surface area (Å²) in [6.45, 7) is 3.81. The lowest BCUT2D eigenvalue weighted by atomic mass is 10.1. The highest BCUT2D eigenvalue weighted by atomic mass is 16.5. The van der Waals surface area contributed by atoms with Crippen LogP contribution in [0, 0.1) is 0 Å². The Morgan fingerprint density at radius 1 is 0.667 bits per heavy atom. The topological polar surface area (TPSA) is 27.7 Å². The molecule has 3 aromatic carbocycles. The Bertz CT molecular complexity index is 783. The molecular weight excluding hydrogens is 300 g/mol. The van der Waals surface area contributed by atoms with Crippen LogP contribution >= 0.6 is 0 Å². The van der Waals surface area contributed by atoms with E-state index >= 15 is 0 Å². The van der Waals surface area contributed by atoms with E-state index in [2.05, 4.69) is 24.3 Å². The van der Waals surface area contributed by atoms with Gasteiger partial charge in [-0.25, -0.2) is 0 Å². The summed E-state index contributed by atoms with van der Waals surface area (Å²) >= 11 is 0. The number of rotatable bonds is 8. The minimum atomic E-state index is 0.595. The summed E-state index contributed by atoms with van der Waals surface area (Å²) in [5.74, 6) is 2.46. The van der Waals surface area contributed by atoms with Crippen LogP contribution in [-0.2, 0) is 0 Å². The van der Waals surface area contributed by atoms with Crippen molar-refractivity contribution in [3.63, 3.8) is 0 Å². The molecule has 0 spiro atoms. The van der Waals surface area contributed by atoms with E-state index in [9.17, 15) is 0 Å². The van der Waals surface area contributed by atoms with Crippen LogP contribution < -0.4 is 14.2 Å². The number of hydrogen-bond donors (Lipinski definition) is 0. The highest BCUT2D eigenvalue weighted by Crippen LogP contribution is 2.26. The lowest BCUT2D eigenvalue weighted by Crippen LogP contribution is -2.06. The fraction of sp³-hybridized carbons (Fsp3) is 0.238. The molecule has 0 aromatic heterocycles. The first kappa shape index (κ1) is 16.2. The average Bonchev–Trinajstić information content (AvgIpc) is 2.63. The highest BCUT2D eigenvalue weighted by molar-refractivity contribution is 5.83. The van der Waals surface area contributed by atoms with Gasteiger partial charge in [0, 0.05) is 6.42 Å². The van der Waals surface area contributed by atoms with E-state index in [-0.39, 0.29) is 0 Å². The maximum absolute atomic E-state index is 5.82. The molecule has 0 N–H and O–H groups in total. The fourth-order valence-corrected chi connectivity index (χ4v) is 2.53. The van der Waals surface area contributed by atoms with Crippen molar-refractivity contribution in [2.75, 3.05) is 19.8 Å². The van der Waals surface area contributed by atoms with Crippen molar-refractivity contribution < 1.29 is 14.2 Å². The summed E-state index contributed by atoms with van der Waals surface area (Å²) in [7, 11) is 0. The molecule has 0 atom stereocenters. The second-order valence-corrected chi connectivity index (χ2v) is 5.44. The SMILES string of the molecule is CCOc1ccccc1OCCCOc1ccc2ccccc2c1. The van der Waals surface area contributed by atoms with Crippen LogP contribution in [0.3, 0.4) is 0 Å². The van der Waals surface area contributed by atoms with E-state index in [4.69, 9.17) is 14.2 Å². The molecule has 3 rings (SSSR count). The predicted octanol–water partition coefficient (Wildman–Crippen LogP) is 5.09. The Balaban J connectivity index is 1.47. The molecule has 0 saturated heterocycles. The van der Waals surface area contributed by atoms with Gasteiger partial charge in [-0.15, -0.1) is 0 Å². The highest BCUT2D eigenvalue weighted by Gasteiger charge is 2.03. The number of para-hydroxylation sites is 2. The fourth-order valence-electron chi connectivity index (χ4n) is 2.53. The van der Waals surface area contributed by atoms with Gasteiger partial charge in [-0.2, -0.15) is 0 Å². The summed E-state index contributed by atoms with van der Waals surface area (Å²) in [5, 5.41) is 2.41. The third-order valence-electron chi connectivity index (χ3n) is 3.68. The van der Waals surface area contributed by atoms with E-state index in [0.29, 0.717) is 19.8 Å². The summed E-state index contributed by atoms with van der Waals surface area (Å²) < 4.78 is 17.2. The zero-order chi connectivity index (χ0) is 16.6. The van der Waals surface area contributed by atoms with Crippen molar-refractivity contribution >= 4 is 10.8 Å². The van der Waals surface area contributed by atoms with Gasteiger partial charge in [0.05, 0.1) is 19.8 Å². The predicted molar refractivity (Wildman–Crippen MR) is 97.2 cm³/mol. The van der Waals surface area contributed by atoms with Gasteiger partial charge in [-0.1, -0.05) is 42.5 Å². The van der Waals surface area contributed by atoms with Crippen LogP contribution in [-0.4, -0.2) is 19.8 Å². The van der Waals surface area contributed by atoms with Crippen molar-refractivity contribution in [2.24, 2.45) is 0 Å². The molecule has 0 unspecified atom stereocenters. The van der Waals surface area contributed by atoms with Gasteiger partial charge in [0.15, 0.2) is 11.5 Å². The molecule has 3 aromatic rings. The molecule has 3 heteroatoms. The monoisotopic (exact) mass is 322 g/mol. The summed E-state index contributed by atoms with van der Waals surface area (Å²) in [4.78, 5) is 0. The maximum atomic E-state index is 5.82. The van der Waals surface area contributed by atoms with E-state index in [1.54, 1.807) is 0 Å². The molecule has 3 nitrogen and oxygen atoms in total. The molecule has 0 radical (unpaired) electrons. The van der Waals surface area contributed by atoms with E-state index in [1.807, 2.05) is 49.4 Å². The molecule has 0 aliphatic carbocycles. The third kappa shape index (κ3) is 4.19. The van der Waals surface area contributed by atoms with Gasteiger partial charge in [-0.05, 0) is 42.0 Å². The van der Waals surface area contributed by atoms with Crippen LogP contribution in [0.2, 0.25) is 0 Å². The molecule has 24 heavy (non-hydrogen) atoms. The zero-order valence-corrected chi connectivity index (χ0v) is 13.9. The van der Waals surface area contributed by atoms with Crippen LogP contribution in [0.25, 0.3) is 10.8 Å². The van der Waals surface area contributed by atoms with Gasteiger partial charge in [0.25, 0.3) is 0 Å². The van der Waals surface area contributed by atoms with Crippen LogP contribution in [0.4, 0.5) is 0 Å². The second kappa shape index (κ2) is 8.25. The molecule has 0 aliphatic heterocycles. The molecule has 124 valence electrons. The molecular formula is C21H22O3. The Labute approximate surface area is 142 Å². The molecule has 0 heterocycles. The van der Waals surface area contributed by atoms with E-state index in [1.165, 1.54) is 10.8 Å². The average molecular weight is 322 g/mol. The Morgan fingerprint density at radius 2 is 1.33 bits per heavy atom. The summed E-state index contributed by atoms with van der Waals surface area (Å²) in [5.41, 5.74) is 0. The van der Waals surface area contributed by atoms with Gasteiger partial charge < -0.3 is 14.2 Å². The first-order chi connectivity index (χ1) is 11.9. The van der Waals surface area contributed by atoms with Gasteiger partial charge >= 0.3 is 0 Å². The van der Waals surface area contributed by atoms with Gasteiger partial charge in [-0.3, -0.25) is 0 Å². The number of hydrogen-bond acceptors (Lipinski definition) is 3. The van der Waals surface area contributed by atoms with Gasteiger partial charge in [0.1, 0.15) is 5.75 Å².